The second-order valence-corrected chi connectivity index (χ2v) is 5.02. The first-order valence-corrected chi connectivity index (χ1v) is 7.18. The number of nitrogens with zero attached hydrogens (tertiary/aromatic N) is 2. The fraction of sp³-hybridized carbons (Fsp3) is 0.176. The quantitative estimate of drug-likeness (QED) is 0.505. The molecule has 0 heterocycles. The van der Waals surface area contributed by atoms with E-state index in [1.54, 1.807) is 19.1 Å². The van der Waals surface area contributed by atoms with Gasteiger partial charge < -0.3 is 0 Å². The van der Waals surface area contributed by atoms with E-state index in [-0.39, 0.29) is 11.6 Å². The molecular formula is C17H17N3O3. The van der Waals surface area contributed by atoms with Crippen molar-refractivity contribution in [2.45, 2.75) is 19.8 Å². The van der Waals surface area contributed by atoms with Crippen LogP contribution < -0.4 is 5.43 Å². The van der Waals surface area contributed by atoms with Gasteiger partial charge in [0.05, 0.1) is 10.6 Å². The zero-order valence-corrected chi connectivity index (χ0v) is 12.7. The molecule has 0 spiro atoms. The summed E-state index contributed by atoms with van der Waals surface area (Å²) in [4.78, 5) is 21.9. The summed E-state index contributed by atoms with van der Waals surface area (Å²) in [6, 6.07) is 15.8. The van der Waals surface area contributed by atoms with Crippen molar-refractivity contribution in [3.05, 3.63) is 75.8 Å². The van der Waals surface area contributed by atoms with E-state index in [0.717, 1.165) is 11.1 Å². The van der Waals surface area contributed by atoms with Gasteiger partial charge in [0.25, 0.3) is 5.69 Å². The van der Waals surface area contributed by atoms with Crippen LogP contribution in [0.25, 0.3) is 0 Å². The largest absolute Gasteiger partial charge is 0.273 e. The SMILES string of the molecule is C/C(=N/NC(=O)CCc1ccccc1)c1ccc([N+](=O)[O-])cc1. The smallest absolute Gasteiger partial charge is 0.269 e. The van der Waals surface area contributed by atoms with Gasteiger partial charge in [-0.1, -0.05) is 30.3 Å². The number of hydrogen-bond donors (Lipinski definition) is 1. The third-order valence-electron chi connectivity index (χ3n) is 3.33. The van der Waals surface area contributed by atoms with E-state index >= 15 is 0 Å². The molecule has 0 bridgehead atoms. The van der Waals surface area contributed by atoms with Crippen molar-refractivity contribution in [3.8, 4) is 0 Å². The lowest BCUT2D eigenvalue weighted by atomic mass is 10.1. The normalized spacial score (nSPS) is 11.1. The Morgan fingerprint density at radius 1 is 1.13 bits per heavy atom. The predicted octanol–water partition coefficient (Wildman–Crippen LogP) is 3.07. The molecule has 0 aliphatic heterocycles. The van der Waals surface area contributed by atoms with Gasteiger partial charge in [0, 0.05) is 18.6 Å². The molecule has 6 nitrogen and oxygen atoms in total. The first kappa shape index (κ1) is 16.4. The number of carbonyl (C=O) groups excluding carboxylic acids is 1. The van der Waals surface area contributed by atoms with E-state index in [1.807, 2.05) is 30.3 Å². The lowest BCUT2D eigenvalue weighted by molar-refractivity contribution is -0.384. The number of carbonyl (C=O) groups is 1. The predicted molar refractivity (Wildman–Crippen MR) is 88.2 cm³/mol. The maximum absolute atomic E-state index is 11.8. The lowest BCUT2D eigenvalue weighted by Crippen LogP contribution is -2.19. The number of rotatable bonds is 6. The summed E-state index contributed by atoms with van der Waals surface area (Å²) >= 11 is 0. The summed E-state index contributed by atoms with van der Waals surface area (Å²) < 4.78 is 0. The monoisotopic (exact) mass is 311 g/mol. The molecule has 0 aliphatic carbocycles. The Bertz CT molecular complexity index is 710. The second-order valence-electron chi connectivity index (χ2n) is 5.02. The van der Waals surface area contributed by atoms with Crippen LogP contribution in [0.4, 0.5) is 5.69 Å². The number of non-ortho nitro benzene ring substituents is 1. The summed E-state index contributed by atoms with van der Waals surface area (Å²) in [6.45, 7) is 1.73. The van der Waals surface area contributed by atoms with Gasteiger partial charge in [0.15, 0.2) is 0 Å². The van der Waals surface area contributed by atoms with Crippen molar-refractivity contribution in [2.75, 3.05) is 0 Å². The minimum atomic E-state index is -0.457. The number of hydrazone groups is 1. The molecule has 2 aromatic rings. The molecule has 118 valence electrons. The number of amides is 1. The van der Waals surface area contributed by atoms with Crippen molar-refractivity contribution < 1.29 is 9.72 Å². The Kier molecular flexibility index (Phi) is 5.57. The maximum Gasteiger partial charge on any atom is 0.269 e. The lowest BCUT2D eigenvalue weighted by Gasteiger charge is -2.03. The molecule has 0 aromatic heterocycles. The van der Waals surface area contributed by atoms with Crippen LogP contribution in [-0.2, 0) is 11.2 Å². The zero-order chi connectivity index (χ0) is 16.7. The highest BCUT2D eigenvalue weighted by Gasteiger charge is 2.06. The Balaban J connectivity index is 1.88. The summed E-state index contributed by atoms with van der Waals surface area (Å²) in [5.41, 5.74) is 4.93. The molecule has 6 heteroatoms. The van der Waals surface area contributed by atoms with Gasteiger partial charge in [-0.05, 0) is 36.6 Å². The van der Waals surface area contributed by atoms with E-state index < -0.39 is 4.92 Å². The number of nitro benzene ring substituents is 1. The zero-order valence-electron chi connectivity index (χ0n) is 12.7. The highest BCUT2D eigenvalue weighted by atomic mass is 16.6. The molecule has 0 atom stereocenters. The van der Waals surface area contributed by atoms with Crippen molar-refractivity contribution in [2.24, 2.45) is 5.10 Å². The van der Waals surface area contributed by atoms with Gasteiger partial charge in [-0.25, -0.2) is 5.43 Å². The Morgan fingerprint density at radius 3 is 2.39 bits per heavy atom. The number of aryl methyl sites for hydroxylation is 1. The summed E-state index contributed by atoms with van der Waals surface area (Å²) in [5.74, 6) is -0.171. The van der Waals surface area contributed by atoms with Crippen LogP contribution in [0.3, 0.4) is 0 Å². The molecule has 0 radical (unpaired) electrons. The average Bonchev–Trinajstić information content (AvgIpc) is 2.58. The van der Waals surface area contributed by atoms with Crippen LogP contribution >= 0.6 is 0 Å². The summed E-state index contributed by atoms with van der Waals surface area (Å²) in [6.07, 6.45) is 1.000. The molecule has 2 rings (SSSR count). The molecule has 0 unspecified atom stereocenters. The molecule has 2 aromatic carbocycles. The molecule has 23 heavy (non-hydrogen) atoms. The van der Waals surface area contributed by atoms with Crippen molar-refractivity contribution in [1.29, 1.82) is 0 Å². The van der Waals surface area contributed by atoms with E-state index in [2.05, 4.69) is 10.5 Å². The van der Waals surface area contributed by atoms with Crippen LogP contribution in [0, 0.1) is 10.1 Å². The second kappa shape index (κ2) is 7.84. The van der Waals surface area contributed by atoms with Crippen molar-refractivity contribution >= 4 is 17.3 Å². The summed E-state index contributed by atoms with van der Waals surface area (Å²) in [5, 5.41) is 14.6. The Labute approximate surface area is 134 Å². The molecular weight excluding hydrogens is 294 g/mol. The van der Waals surface area contributed by atoms with E-state index in [9.17, 15) is 14.9 Å². The van der Waals surface area contributed by atoms with Crippen molar-refractivity contribution in [1.82, 2.24) is 5.43 Å². The van der Waals surface area contributed by atoms with E-state index in [4.69, 9.17) is 0 Å². The minimum Gasteiger partial charge on any atom is -0.273 e. The Hall–Kier alpha value is -3.02. The minimum absolute atomic E-state index is 0.0217. The molecule has 0 fully saturated rings. The number of nitrogens with one attached hydrogen (secondary N) is 1. The van der Waals surface area contributed by atoms with Crippen molar-refractivity contribution in [3.63, 3.8) is 0 Å². The first-order chi connectivity index (χ1) is 11.1. The highest BCUT2D eigenvalue weighted by Crippen LogP contribution is 2.12. The highest BCUT2D eigenvalue weighted by molar-refractivity contribution is 5.99. The molecule has 0 aliphatic rings. The molecule has 1 amide bonds. The topological polar surface area (TPSA) is 84.6 Å². The third-order valence-corrected chi connectivity index (χ3v) is 3.33. The van der Waals surface area contributed by atoms with Crippen LogP contribution in [0.15, 0.2) is 59.7 Å². The Morgan fingerprint density at radius 2 is 1.78 bits per heavy atom. The van der Waals surface area contributed by atoms with Gasteiger partial charge in [0.1, 0.15) is 0 Å². The average molecular weight is 311 g/mol. The van der Waals surface area contributed by atoms with Crippen LogP contribution in [0.2, 0.25) is 0 Å². The number of hydrogen-bond acceptors (Lipinski definition) is 4. The molecule has 0 saturated carbocycles. The van der Waals surface area contributed by atoms with Gasteiger partial charge in [0.2, 0.25) is 5.91 Å². The fourth-order valence-corrected chi connectivity index (χ4v) is 1.99. The van der Waals surface area contributed by atoms with Gasteiger partial charge in [-0.3, -0.25) is 14.9 Å². The number of benzene rings is 2. The van der Waals surface area contributed by atoms with E-state index in [0.29, 0.717) is 18.6 Å². The maximum atomic E-state index is 11.8. The van der Waals surface area contributed by atoms with E-state index in [1.165, 1.54) is 12.1 Å². The van der Waals surface area contributed by atoms with Gasteiger partial charge in [-0.15, -0.1) is 0 Å². The van der Waals surface area contributed by atoms with Crippen LogP contribution in [0.1, 0.15) is 24.5 Å². The molecule has 1 N–H and O–H groups in total. The van der Waals surface area contributed by atoms with Crippen LogP contribution in [0.5, 0.6) is 0 Å². The molecule has 0 saturated heterocycles. The standard InChI is InChI=1S/C17H17N3O3/c1-13(15-8-10-16(11-9-15)20(22)23)18-19-17(21)12-7-14-5-3-2-4-6-14/h2-6,8-11H,7,12H2,1H3,(H,19,21)/b18-13-. The first-order valence-electron chi connectivity index (χ1n) is 7.18. The third kappa shape index (κ3) is 5.03. The van der Waals surface area contributed by atoms with Crippen LogP contribution in [-0.4, -0.2) is 16.5 Å². The van der Waals surface area contributed by atoms with Gasteiger partial charge in [-0.2, -0.15) is 5.10 Å². The van der Waals surface area contributed by atoms with Gasteiger partial charge >= 0.3 is 0 Å². The number of nitro groups is 1. The summed E-state index contributed by atoms with van der Waals surface area (Å²) in [7, 11) is 0. The fourth-order valence-electron chi connectivity index (χ4n) is 1.99.